The van der Waals surface area contributed by atoms with Crippen LogP contribution < -0.4 is 11.5 Å². The molecule has 0 aliphatic carbocycles. The first-order valence-corrected chi connectivity index (χ1v) is 31.3. The fourth-order valence-corrected chi connectivity index (χ4v) is 10.1. The van der Waals surface area contributed by atoms with Crippen LogP contribution in [0.4, 0.5) is 0 Å². The lowest BCUT2D eigenvalue weighted by Crippen LogP contribution is -2.35. The van der Waals surface area contributed by atoms with Crippen LogP contribution in [0.3, 0.4) is 0 Å². The van der Waals surface area contributed by atoms with Gasteiger partial charge in [0.1, 0.15) is 28.7 Å². The van der Waals surface area contributed by atoms with Crippen LogP contribution in [0.2, 0.25) is 0 Å². The second-order valence-electron chi connectivity index (χ2n) is 33.4. The molecular weight excluding hydrogens is 1060 g/mol. The van der Waals surface area contributed by atoms with Crippen molar-refractivity contribution in [2.75, 3.05) is 33.3 Å². The Labute approximate surface area is 524 Å². The number of hydrogen-bond donors (Lipinski definition) is 8. The predicted molar refractivity (Wildman–Crippen MR) is 368 cm³/mol. The zero-order valence-electron chi connectivity index (χ0n) is 59.7. The van der Waals surface area contributed by atoms with Crippen molar-refractivity contribution >= 4 is 0 Å². The van der Waals surface area contributed by atoms with E-state index in [1.807, 2.05) is 13.0 Å². The van der Waals surface area contributed by atoms with E-state index in [9.17, 15) is 25.5 Å². The molecule has 0 spiro atoms. The van der Waals surface area contributed by atoms with E-state index in [1.165, 1.54) is 5.56 Å². The van der Waals surface area contributed by atoms with E-state index in [2.05, 4.69) is 251 Å². The van der Waals surface area contributed by atoms with Gasteiger partial charge in [-0.2, -0.15) is 0 Å². The summed E-state index contributed by atoms with van der Waals surface area (Å²) in [5.74, 6) is 1.63. The van der Waals surface area contributed by atoms with E-state index in [4.69, 9.17) is 16.6 Å². The largest absolute Gasteiger partial charge is 0.508 e. The summed E-state index contributed by atoms with van der Waals surface area (Å²) in [6.07, 6.45) is 0. The van der Waals surface area contributed by atoms with Gasteiger partial charge >= 0.3 is 0 Å². The normalized spacial score (nSPS) is 13.0. The predicted octanol–water partition coefficient (Wildman–Crippen LogP) is 17.1. The van der Waals surface area contributed by atoms with Crippen LogP contribution in [0.1, 0.15) is 265 Å². The molecule has 86 heavy (non-hydrogen) atoms. The molecule has 10 heteroatoms. The average Bonchev–Trinajstić information content (AvgIpc) is 1.55. The van der Waals surface area contributed by atoms with Crippen LogP contribution in [0.5, 0.6) is 28.7 Å². The topological polar surface area (TPSA) is 180 Å². The third kappa shape index (κ3) is 21.9. The molecule has 5 aromatic rings. The van der Waals surface area contributed by atoms with Gasteiger partial charge in [0, 0.05) is 81.7 Å². The van der Waals surface area contributed by atoms with Crippen molar-refractivity contribution in [1.29, 1.82) is 0 Å². The van der Waals surface area contributed by atoms with E-state index in [1.54, 1.807) is 6.07 Å². The summed E-state index contributed by atoms with van der Waals surface area (Å²) in [5, 5.41) is 65.0. The number of benzene rings is 5. The molecule has 0 aromatic heterocycles. The number of aliphatic hydroxyl groups excluding tert-OH is 1. The van der Waals surface area contributed by atoms with Gasteiger partial charge in [0.15, 0.2) is 0 Å². The van der Waals surface area contributed by atoms with E-state index >= 15 is 0 Å². The number of aromatic hydroxyl groups is 5. The van der Waals surface area contributed by atoms with Gasteiger partial charge in [0.25, 0.3) is 0 Å². The summed E-state index contributed by atoms with van der Waals surface area (Å²) in [4.78, 5) is 4.71. The second-order valence-corrected chi connectivity index (χ2v) is 33.4. The van der Waals surface area contributed by atoms with Crippen LogP contribution in [0.15, 0.2) is 66.7 Å². The van der Waals surface area contributed by atoms with Crippen molar-refractivity contribution < 1.29 is 30.6 Å². The van der Waals surface area contributed by atoms with Crippen LogP contribution in [-0.2, 0) is 74.9 Å². The lowest BCUT2D eigenvalue weighted by molar-refractivity contribution is 0.178. The minimum absolute atomic E-state index is 0.00859. The Bertz CT molecular complexity index is 2910. The summed E-state index contributed by atoms with van der Waals surface area (Å²) in [7, 11) is 1.00. The zero-order valence-corrected chi connectivity index (χ0v) is 59.7. The van der Waals surface area contributed by atoms with E-state index < -0.39 is 0 Å². The Morgan fingerprint density at radius 3 is 0.767 bits per heavy atom. The maximum atomic E-state index is 12.2. The molecule has 10 nitrogen and oxygen atoms in total. The average molecular weight is 1190 g/mol. The number of phenolic OH excluding ortho intramolecular Hbond substituents is 5. The molecule has 10 N–H and O–H groups in total. The van der Waals surface area contributed by atoms with Gasteiger partial charge in [-0.1, -0.05) is 248 Å². The van der Waals surface area contributed by atoms with Gasteiger partial charge in [-0.15, -0.1) is 0 Å². The Balaban J connectivity index is 0.00000101. The van der Waals surface area contributed by atoms with Crippen LogP contribution in [-0.4, -0.2) is 73.7 Å². The molecule has 0 atom stereocenters. The van der Waals surface area contributed by atoms with E-state index in [0.29, 0.717) is 81.1 Å². The lowest BCUT2D eigenvalue weighted by atomic mass is 9.78. The van der Waals surface area contributed by atoms with E-state index in [0.717, 1.165) is 79.4 Å². The van der Waals surface area contributed by atoms with Gasteiger partial charge in [-0.25, -0.2) is 0 Å². The fraction of sp³-hybridized carbons (Fsp3) is 0.605. The first kappa shape index (κ1) is 77.0. The molecule has 0 saturated heterocycles. The summed E-state index contributed by atoms with van der Waals surface area (Å²) in [6.45, 7) is 64.9. The Morgan fingerprint density at radius 1 is 0.302 bits per heavy atom. The van der Waals surface area contributed by atoms with Gasteiger partial charge in [-0.3, -0.25) is 9.80 Å². The number of rotatable bonds is 12. The lowest BCUT2D eigenvalue weighted by Gasteiger charge is -2.33. The standard InChI is InChI=1S/C59H90N2O4.C14H22O.C2H8N2.CH4O/c1-37-25-42(53(2,3)4)26-38(49(37)62)33-60(34-39-27-43(54(5,6)7)30-46(50(39)63)57(14,15)16)23-24-61(35-40-28-44(55(8,9)10)31-47(51(40)64)58(17,18)19)36-41-29-45(56(11,12)13)32-48(52(41)65)59(20,21)22;1-13(2,3)10-7-8-12(15)11(9-10)14(4,5)6;3-1-2-4;1-2/h25-32,62-65H,23-24,33-36H2,1-22H3;7-9,15H,1-6H3;1-4H2;2H,1H3. The number of aliphatic hydroxyl groups is 1. The van der Waals surface area contributed by atoms with Gasteiger partial charge in [0.05, 0.1) is 0 Å². The molecular formula is C76H124N4O6. The summed E-state index contributed by atoms with van der Waals surface area (Å²) >= 11 is 0. The van der Waals surface area contributed by atoms with Crippen molar-refractivity contribution in [3.8, 4) is 28.7 Å². The minimum Gasteiger partial charge on any atom is -0.508 e. The minimum atomic E-state index is -0.292. The quantitative estimate of drug-likeness (QED) is 0.0599. The number of aryl methyl sites for hydroxylation is 1. The monoisotopic (exact) mass is 1190 g/mol. The van der Waals surface area contributed by atoms with Crippen molar-refractivity contribution in [2.24, 2.45) is 11.5 Å². The molecule has 0 unspecified atom stereocenters. The number of phenols is 5. The third-order valence-electron chi connectivity index (χ3n) is 16.0. The maximum Gasteiger partial charge on any atom is 0.123 e. The van der Waals surface area contributed by atoms with Crippen LogP contribution in [0, 0.1) is 6.92 Å². The summed E-state index contributed by atoms with van der Waals surface area (Å²) in [5.41, 5.74) is 22.4. The highest BCUT2D eigenvalue weighted by Crippen LogP contribution is 2.43. The molecule has 0 radical (unpaired) electrons. The van der Waals surface area contributed by atoms with Crippen molar-refractivity contribution in [3.63, 3.8) is 0 Å². The summed E-state index contributed by atoms with van der Waals surface area (Å²) < 4.78 is 0. The third-order valence-corrected chi connectivity index (χ3v) is 16.0. The van der Waals surface area contributed by atoms with Gasteiger partial charge in [0.2, 0.25) is 0 Å². The highest BCUT2D eigenvalue weighted by Gasteiger charge is 2.31. The second kappa shape index (κ2) is 29.0. The number of nitrogens with zero attached hydrogens (tertiary/aromatic N) is 2. The SMILES string of the molecule is CC(C)(C)c1ccc(O)c(C(C)(C)C)c1.CO.Cc1cc(C(C)(C)C)cc(CN(CCN(Cc2cc(C(C)(C)C)cc(C(C)(C)C)c2O)Cc2cc(C(C)(C)C)cc(C(C)(C)C)c2O)Cc2cc(C(C)(C)C)cc(C(C)(C)C)c2O)c1O.NCCN. The number of hydrogen-bond acceptors (Lipinski definition) is 10. The molecule has 5 aromatic carbocycles. The Kier molecular flexibility index (Phi) is 26.0. The Hall–Kier alpha value is -5.10. The molecule has 0 heterocycles. The van der Waals surface area contributed by atoms with E-state index in [-0.39, 0.29) is 48.7 Å². The highest BCUT2D eigenvalue weighted by atomic mass is 16.3. The smallest absolute Gasteiger partial charge is 0.123 e. The molecule has 0 fully saturated rings. The maximum absolute atomic E-state index is 12.2. The molecule has 484 valence electrons. The zero-order chi connectivity index (χ0) is 67.1. The van der Waals surface area contributed by atoms with Crippen LogP contribution >= 0.6 is 0 Å². The Morgan fingerprint density at radius 2 is 0.535 bits per heavy atom. The van der Waals surface area contributed by atoms with Crippen molar-refractivity contribution in [1.82, 2.24) is 9.80 Å². The molecule has 0 bridgehead atoms. The van der Waals surface area contributed by atoms with Crippen molar-refractivity contribution in [2.45, 2.75) is 269 Å². The molecule has 5 rings (SSSR count). The summed E-state index contributed by atoms with van der Waals surface area (Å²) in [6, 6.07) is 23.2. The van der Waals surface area contributed by atoms with Crippen molar-refractivity contribution in [3.05, 3.63) is 145 Å². The molecule has 0 aliphatic heterocycles. The molecule has 0 amide bonds. The van der Waals surface area contributed by atoms with Gasteiger partial charge < -0.3 is 42.1 Å². The highest BCUT2D eigenvalue weighted by molar-refractivity contribution is 5.52. The molecule has 0 aliphatic rings. The first-order chi connectivity index (χ1) is 38.7. The van der Waals surface area contributed by atoms with Gasteiger partial charge in [-0.05, 0) is 117 Å². The first-order valence-electron chi connectivity index (χ1n) is 31.3. The number of nitrogens with two attached hydrogens (primary N) is 2. The molecule has 0 saturated carbocycles. The fourth-order valence-electron chi connectivity index (χ4n) is 10.1. The van der Waals surface area contributed by atoms with Crippen LogP contribution in [0.25, 0.3) is 0 Å².